The van der Waals surface area contributed by atoms with Gasteiger partial charge < -0.3 is 10.6 Å². The molecule has 0 spiro atoms. The molecule has 1 saturated carbocycles. The van der Waals surface area contributed by atoms with Crippen LogP contribution in [0.15, 0.2) is 4.99 Å². The minimum absolute atomic E-state index is 0.362. The van der Waals surface area contributed by atoms with Gasteiger partial charge in [0.15, 0.2) is 5.96 Å². The Balaban J connectivity index is 2.43. The van der Waals surface area contributed by atoms with Crippen molar-refractivity contribution in [3.05, 3.63) is 0 Å². The van der Waals surface area contributed by atoms with Crippen molar-refractivity contribution in [3.63, 3.8) is 0 Å². The van der Waals surface area contributed by atoms with Gasteiger partial charge in [-0.15, -0.1) is 0 Å². The summed E-state index contributed by atoms with van der Waals surface area (Å²) in [6, 6.07) is 0.415. The van der Waals surface area contributed by atoms with E-state index in [1.165, 1.54) is 18.6 Å². The second kappa shape index (κ2) is 12.2. The molecule has 0 aliphatic heterocycles. The maximum absolute atomic E-state index is 12.0. The van der Waals surface area contributed by atoms with Crippen molar-refractivity contribution in [2.75, 3.05) is 30.9 Å². The third kappa shape index (κ3) is 7.86. The van der Waals surface area contributed by atoms with Crippen LogP contribution in [-0.2, 0) is 10.8 Å². The van der Waals surface area contributed by atoms with Crippen LogP contribution >= 0.6 is 11.8 Å². The molecule has 0 aromatic heterocycles. The van der Waals surface area contributed by atoms with E-state index < -0.39 is 10.8 Å². The Morgan fingerprint density at radius 2 is 2.14 bits per heavy atom. The Morgan fingerprint density at radius 3 is 2.82 bits per heavy atom. The molecule has 1 aliphatic rings. The van der Waals surface area contributed by atoms with E-state index in [0.29, 0.717) is 11.3 Å². The highest BCUT2D eigenvalue weighted by molar-refractivity contribution is 7.98. The van der Waals surface area contributed by atoms with Gasteiger partial charge in [-0.05, 0) is 51.0 Å². The molecule has 0 saturated heterocycles. The second-order valence-electron chi connectivity index (χ2n) is 5.76. The molecule has 0 bridgehead atoms. The van der Waals surface area contributed by atoms with Gasteiger partial charge in [0.1, 0.15) is 0 Å². The number of guanidine groups is 1. The molecule has 0 radical (unpaired) electrons. The van der Waals surface area contributed by atoms with Crippen LogP contribution in [0.4, 0.5) is 0 Å². The number of nitrogens with one attached hydrogen (secondary N) is 2. The van der Waals surface area contributed by atoms with Crippen LogP contribution in [0, 0.1) is 0 Å². The maximum atomic E-state index is 12.0. The number of hydrogen-bond acceptors (Lipinski definition) is 3. The van der Waals surface area contributed by atoms with E-state index in [-0.39, 0.29) is 0 Å². The zero-order valence-corrected chi connectivity index (χ0v) is 16.0. The van der Waals surface area contributed by atoms with Crippen molar-refractivity contribution in [3.8, 4) is 0 Å². The quantitative estimate of drug-likeness (QED) is 0.382. The molecule has 22 heavy (non-hydrogen) atoms. The van der Waals surface area contributed by atoms with E-state index in [2.05, 4.69) is 28.8 Å². The Labute approximate surface area is 143 Å². The molecule has 1 fully saturated rings. The summed E-state index contributed by atoms with van der Waals surface area (Å²) in [5.74, 6) is 2.92. The number of nitrogens with zero attached hydrogens (tertiary/aromatic N) is 1. The van der Waals surface area contributed by atoms with Gasteiger partial charge in [0.05, 0.1) is 0 Å². The largest absolute Gasteiger partial charge is 0.357 e. The predicted molar refractivity (Wildman–Crippen MR) is 101 cm³/mol. The summed E-state index contributed by atoms with van der Waals surface area (Å²) in [7, 11) is -0.664. The third-order valence-corrected chi connectivity index (χ3v) is 6.43. The number of hydrogen-bond donors (Lipinski definition) is 2. The van der Waals surface area contributed by atoms with Crippen molar-refractivity contribution in [1.29, 1.82) is 0 Å². The SMILES string of the molecule is CCNC(=NCCCCSC)NC1CCCC(S(=O)CC)C1. The van der Waals surface area contributed by atoms with E-state index in [1.807, 2.05) is 18.7 Å². The van der Waals surface area contributed by atoms with E-state index in [0.717, 1.165) is 50.5 Å². The molecule has 4 nitrogen and oxygen atoms in total. The van der Waals surface area contributed by atoms with Gasteiger partial charge in [-0.1, -0.05) is 13.3 Å². The maximum Gasteiger partial charge on any atom is 0.191 e. The molecule has 1 rings (SSSR count). The van der Waals surface area contributed by atoms with Crippen LogP contribution < -0.4 is 10.6 Å². The molecular weight excluding hydrogens is 314 g/mol. The van der Waals surface area contributed by atoms with Crippen LogP contribution in [0.25, 0.3) is 0 Å². The highest BCUT2D eigenvalue weighted by Gasteiger charge is 2.25. The molecule has 0 aromatic rings. The molecule has 2 N–H and O–H groups in total. The number of rotatable bonds is 9. The number of aliphatic imine (C=N–C) groups is 1. The minimum atomic E-state index is -0.664. The monoisotopic (exact) mass is 347 g/mol. The lowest BCUT2D eigenvalue weighted by Crippen LogP contribution is -2.46. The zero-order chi connectivity index (χ0) is 16.2. The van der Waals surface area contributed by atoms with Gasteiger partial charge in [-0.25, -0.2) is 0 Å². The zero-order valence-electron chi connectivity index (χ0n) is 14.4. The van der Waals surface area contributed by atoms with Crippen LogP contribution in [0.3, 0.4) is 0 Å². The van der Waals surface area contributed by atoms with Gasteiger partial charge in [0.2, 0.25) is 0 Å². The van der Waals surface area contributed by atoms with E-state index in [9.17, 15) is 4.21 Å². The van der Waals surface area contributed by atoms with Crippen molar-refractivity contribution in [2.24, 2.45) is 4.99 Å². The summed E-state index contributed by atoms with van der Waals surface area (Å²) in [6.45, 7) is 5.88. The lowest BCUT2D eigenvalue weighted by molar-refractivity contribution is 0.413. The average molecular weight is 348 g/mol. The lowest BCUT2D eigenvalue weighted by Gasteiger charge is -2.30. The fraction of sp³-hybridized carbons (Fsp3) is 0.938. The normalized spacial score (nSPS) is 24.0. The van der Waals surface area contributed by atoms with Gasteiger partial charge in [-0.3, -0.25) is 9.20 Å². The highest BCUT2D eigenvalue weighted by Crippen LogP contribution is 2.22. The summed E-state index contributed by atoms with van der Waals surface area (Å²) in [6.07, 6.45) is 8.97. The summed E-state index contributed by atoms with van der Waals surface area (Å²) in [5.41, 5.74) is 0. The first kappa shape index (κ1) is 19.8. The molecule has 0 heterocycles. The van der Waals surface area contributed by atoms with E-state index >= 15 is 0 Å². The van der Waals surface area contributed by atoms with Gasteiger partial charge >= 0.3 is 0 Å². The van der Waals surface area contributed by atoms with Crippen LogP contribution in [0.1, 0.15) is 52.4 Å². The second-order valence-corrected chi connectivity index (χ2v) is 8.75. The summed E-state index contributed by atoms with van der Waals surface area (Å²) < 4.78 is 12.0. The predicted octanol–water partition coefficient (Wildman–Crippen LogP) is 2.76. The molecular formula is C16H33N3OS2. The van der Waals surface area contributed by atoms with Gasteiger partial charge in [0.25, 0.3) is 0 Å². The van der Waals surface area contributed by atoms with Crippen LogP contribution in [0.5, 0.6) is 0 Å². The molecule has 0 aromatic carbocycles. The minimum Gasteiger partial charge on any atom is -0.357 e. The van der Waals surface area contributed by atoms with Crippen molar-refractivity contribution >= 4 is 28.5 Å². The molecule has 0 amide bonds. The number of unbranched alkanes of at least 4 members (excludes halogenated alkanes) is 1. The Morgan fingerprint density at radius 1 is 1.32 bits per heavy atom. The Bertz CT molecular complexity index is 350. The van der Waals surface area contributed by atoms with Gasteiger partial charge in [-0.2, -0.15) is 11.8 Å². The van der Waals surface area contributed by atoms with E-state index in [1.54, 1.807) is 0 Å². The van der Waals surface area contributed by atoms with Gasteiger partial charge in [0, 0.05) is 40.9 Å². The standard InChI is InChI=1S/C16H33N3OS2/c1-4-17-16(18-11-6-7-12-21-3)19-14-9-8-10-15(13-14)22(20)5-2/h14-15H,4-13H2,1-3H3,(H2,17,18,19). The molecule has 130 valence electrons. The first-order valence-electron chi connectivity index (χ1n) is 8.62. The molecule has 6 heteroatoms. The molecule has 3 atom stereocenters. The number of thioether (sulfide) groups is 1. The van der Waals surface area contributed by atoms with Crippen LogP contribution in [-0.4, -0.2) is 52.3 Å². The first-order valence-corrected chi connectivity index (χ1v) is 11.4. The highest BCUT2D eigenvalue weighted by atomic mass is 32.2. The Kier molecular flexibility index (Phi) is 11.0. The van der Waals surface area contributed by atoms with E-state index in [4.69, 9.17) is 0 Å². The third-order valence-electron chi connectivity index (χ3n) is 3.99. The van der Waals surface area contributed by atoms with Crippen molar-refractivity contribution in [2.45, 2.75) is 63.7 Å². The average Bonchev–Trinajstić information content (AvgIpc) is 2.54. The van der Waals surface area contributed by atoms with Crippen molar-refractivity contribution in [1.82, 2.24) is 10.6 Å². The van der Waals surface area contributed by atoms with Crippen molar-refractivity contribution < 1.29 is 4.21 Å². The topological polar surface area (TPSA) is 53.5 Å². The first-order chi connectivity index (χ1) is 10.7. The molecule has 1 aliphatic carbocycles. The fourth-order valence-corrected chi connectivity index (χ4v) is 4.65. The van der Waals surface area contributed by atoms with Crippen LogP contribution in [0.2, 0.25) is 0 Å². The summed E-state index contributed by atoms with van der Waals surface area (Å²) in [5, 5.41) is 7.25. The summed E-state index contributed by atoms with van der Waals surface area (Å²) >= 11 is 1.90. The summed E-state index contributed by atoms with van der Waals surface area (Å²) in [4.78, 5) is 4.68. The Hall–Kier alpha value is -0.230. The smallest absolute Gasteiger partial charge is 0.191 e. The lowest BCUT2D eigenvalue weighted by atomic mass is 9.95. The fourth-order valence-electron chi connectivity index (χ4n) is 2.81. The molecule has 3 unspecified atom stereocenters.